The molecule has 2 fully saturated rings. The summed E-state index contributed by atoms with van der Waals surface area (Å²) in [7, 11) is 0. The monoisotopic (exact) mass is 581 g/mol. The number of likely N-dealkylation sites (tertiary alicyclic amines) is 1. The number of aryl methyl sites for hydroxylation is 2. The fourth-order valence-electron chi connectivity index (χ4n) is 5.98. The van der Waals surface area contributed by atoms with Gasteiger partial charge in [-0.3, -0.25) is 4.79 Å². The SMILES string of the molecule is CSc1ccc(C(=O)[C@H]2CN(C(=O)OC3CCC(C)CC3)C[C@@H]2Cc2cc(C)c(OC(C)(C)C(=O)O)c(C)c2)cc1. The molecule has 0 radical (unpaired) electrons. The van der Waals surface area contributed by atoms with Gasteiger partial charge in [-0.05, 0) is 107 Å². The molecular weight excluding hydrogens is 538 g/mol. The molecule has 222 valence electrons. The molecule has 1 aliphatic heterocycles. The maximum absolute atomic E-state index is 13.8. The Labute approximate surface area is 248 Å². The Kier molecular flexibility index (Phi) is 9.73. The van der Waals surface area contributed by atoms with Crippen molar-refractivity contribution in [3.63, 3.8) is 0 Å². The molecule has 0 bridgehead atoms. The van der Waals surface area contributed by atoms with Gasteiger partial charge in [0.25, 0.3) is 0 Å². The molecule has 1 saturated heterocycles. The molecule has 41 heavy (non-hydrogen) atoms. The molecule has 0 aromatic heterocycles. The minimum Gasteiger partial charge on any atom is -0.478 e. The van der Waals surface area contributed by atoms with Gasteiger partial charge in [-0.25, -0.2) is 9.59 Å². The van der Waals surface area contributed by atoms with E-state index >= 15 is 0 Å². The van der Waals surface area contributed by atoms with Crippen molar-refractivity contribution in [3.8, 4) is 5.75 Å². The normalized spacial score (nSPS) is 22.8. The van der Waals surface area contributed by atoms with E-state index in [1.165, 1.54) is 13.8 Å². The van der Waals surface area contributed by atoms with E-state index in [4.69, 9.17) is 9.47 Å². The fraction of sp³-hybridized carbons (Fsp3) is 0.545. The van der Waals surface area contributed by atoms with Crippen LogP contribution in [0.5, 0.6) is 5.75 Å². The predicted octanol–water partition coefficient (Wildman–Crippen LogP) is 6.96. The number of rotatable bonds is 9. The topological polar surface area (TPSA) is 93.1 Å². The molecule has 2 aliphatic rings. The Morgan fingerprint density at radius 3 is 2.17 bits per heavy atom. The second kappa shape index (κ2) is 12.9. The van der Waals surface area contributed by atoms with Gasteiger partial charge in [0, 0.05) is 29.5 Å². The van der Waals surface area contributed by atoms with Gasteiger partial charge in [0.05, 0.1) is 0 Å². The van der Waals surface area contributed by atoms with Crippen molar-refractivity contribution < 1.29 is 29.0 Å². The highest BCUT2D eigenvalue weighted by atomic mass is 32.2. The first kappa shape index (κ1) is 30.9. The number of nitrogens with zero attached hydrogens (tertiary/aromatic N) is 1. The maximum Gasteiger partial charge on any atom is 0.410 e. The zero-order valence-electron chi connectivity index (χ0n) is 25.1. The van der Waals surface area contributed by atoms with Crippen LogP contribution in [-0.2, 0) is 16.0 Å². The fourth-order valence-corrected chi connectivity index (χ4v) is 6.39. The Balaban J connectivity index is 1.55. The van der Waals surface area contributed by atoms with Gasteiger partial charge in [0.2, 0.25) is 0 Å². The number of benzene rings is 2. The molecule has 0 spiro atoms. The highest BCUT2D eigenvalue weighted by Gasteiger charge is 2.41. The molecule has 0 unspecified atom stereocenters. The molecular formula is C33H43NO6S. The van der Waals surface area contributed by atoms with Crippen LogP contribution in [0, 0.1) is 31.6 Å². The lowest BCUT2D eigenvalue weighted by Gasteiger charge is -2.28. The molecule has 1 amide bonds. The summed E-state index contributed by atoms with van der Waals surface area (Å²) in [5.74, 6) is -0.200. The lowest BCUT2D eigenvalue weighted by atomic mass is 9.84. The van der Waals surface area contributed by atoms with E-state index in [1.54, 1.807) is 16.7 Å². The molecule has 1 heterocycles. The first-order valence-electron chi connectivity index (χ1n) is 14.5. The van der Waals surface area contributed by atoms with Crippen molar-refractivity contribution >= 4 is 29.6 Å². The van der Waals surface area contributed by atoms with Crippen molar-refractivity contribution in [2.45, 2.75) is 83.3 Å². The van der Waals surface area contributed by atoms with Gasteiger partial charge < -0.3 is 19.5 Å². The number of aliphatic carboxylic acids is 1. The van der Waals surface area contributed by atoms with Gasteiger partial charge in [-0.2, -0.15) is 0 Å². The first-order chi connectivity index (χ1) is 19.4. The minimum atomic E-state index is -1.36. The smallest absolute Gasteiger partial charge is 0.410 e. The van der Waals surface area contributed by atoms with E-state index in [-0.39, 0.29) is 29.8 Å². The molecule has 4 rings (SSSR count). The Bertz CT molecular complexity index is 1240. The summed E-state index contributed by atoms with van der Waals surface area (Å²) in [5, 5.41) is 9.52. The summed E-state index contributed by atoms with van der Waals surface area (Å²) in [6.45, 7) is 9.89. The molecule has 2 atom stereocenters. The average Bonchev–Trinajstić information content (AvgIpc) is 3.35. The van der Waals surface area contributed by atoms with E-state index in [0.717, 1.165) is 47.3 Å². The number of Topliss-reactive ketones (excluding diaryl/α,β-unsaturated/α-hetero) is 1. The Morgan fingerprint density at radius 2 is 1.61 bits per heavy atom. The van der Waals surface area contributed by atoms with E-state index < -0.39 is 11.6 Å². The lowest BCUT2D eigenvalue weighted by Crippen LogP contribution is -2.38. The van der Waals surface area contributed by atoms with Gasteiger partial charge in [0.1, 0.15) is 11.9 Å². The summed E-state index contributed by atoms with van der Waals surface area (Å²) in [6, 6.07) is 11.7. The van der Waals surface area contributed by atoms with Crippen molar-refractivity contribution in [1.82, 2.24) is 4.90 Å². The quantitative estimate of drug-likeness (QED) is 0.253. The number of carbonyl (C=O) groups excluding carboxylic acids is 2. The zero-order valence-corrected chi connectivity index (χ0v) is 25.9. The molecule has 1 N–H and O–H groups in total. The average molecular weight is 582 g/mol. The number of carbonyl (C=O) groups is 3. The highest BCUT2D eigenvalue weighted by molar-refractivity contribution is 7.98. The summed E-state index contributed by atoms with van der Waals surface area (Å²) >= 11 is 1.63. The van der Waals surface area contributed by atoms with Crippen LogP contribution in [0.2, 0.25) is 0 Å². The summed E-state index contributed by atoms with van der Waals surface area (Å²) < 4.78 is 11.8. The molecule has 7 nitrogen and oxygen atoms in total. The predicted molar refractivity (Wildman–Crippen MR) is 161 cm³/mol. The van der Waals surface area contributed by atoms with Crippen LogP contribution in [0.3, 0.4) is 0 Å². The maximum atomic E-state index is 13.8. The van der Waals surface area contributed by atoms with E-state index in [0.29, 0.717) is 36.7 Å². The van der Waals surface area contributed by atoms with Gasteiger partial charge in [-0.15, -0.1) is 11.8 Å². The van der Waals surface area contributed by atoms with Gasteiger partial charge in [-0.1, -0.05) is 31.2 Å². The van der Waals surface area contributed by atoms with Crippen LogP contribution in [0.25, 0.3) is 0 Å². The van der Waals surface area contributed by atoms with E-state index in [9.17, 15) is 19.5 Å². The van der Waals surface area contributed by atoms with Crippen LogP contribution >= 0.6 is 11.8 Å². The number of hydrogen-bond donors (Lipinski definition) is 1. The van der Waals surface area contributed by atoms with Gasteiger partial charge in [0.15, 0.2) is 11.4 Å². The first-order valence-corrected chi connectivity index (χ1v) is 15.8. The third-order valence-electron chi connectivity index (χ3n) is 8.53. The molecule has 1 aliphatic carbocycles. The van der Waals surface area contributed by atoms with Crippen molar-refractivity contribution in [2.24, 2.45) is 17.8 Å². The number of amides is 1. The summed E-state index contributed by atoms with van der Waals surface area (Å²) in [4.78, 5) is 41.5. The zero-order chi connectivity index (χ0) is 29.9. The van der Waals surface area contributed by atoms with Crippen LogP contribution in [0.15, 0.2) is 41.3 Å². The number of carboxylic acid groups (broad SMARTS) is 1. The van der Waals surface area contributed by atoms with Crippen molar-refractivity contribution in [3.05, 3.63) is 58.7 Å². The molecule has 1 saturated carbocycles. The third-order valence-corrected chi connectivity index (χ3v) is 9.27. The lowest BCUT2D eigenvalue weighted by molar-refractivity contribution is -0.152. The number of carboxylic acids is 1. The minimum absolute atomic E-state index is 0.0426. The molecule has 2 aromatic rings. The van der Waals surface area contributed by atoms with E-state index in [1.807, 2.05) is 56.5 Å². The van der Waals surface area contributed by atoms with Crippen molar-refractivity contribution in [2.75, 3.05) is 19.3 Å². The van der Waals surface area contributed by atoms with Crippen LogP contribution in [-0.4, -0.2) is 58.9 Å². The largest absolute Gasteiger partial charge is 0.478 e. The Hall–Kier alpha value is -3.00. The summed E-state index contributed by atoms with van der Waals surface area (Å²) in [6.07, 6.45) is 6.14. The number of ether oxygens (including phenoxy) is 2. The third kappa shape index (κ3) is 7.45. The summed E-state index contributed by atoms with van der Waals surface area (Å²) in [5.41, 5.74) is 2.00. The van der Waals surface area contributed by atoms with E-state index in [2.05, 4.69) is 6.92 Å². The standard InChI is InChI=1S/C33H43NO6S/c1-20-7-11-26(12-8-20)39-32(38)34-18-25(28(19-34)29(35)24-9-13-27(41-6)14-10-24)17-23-15-21(2)30(22(3)16-23)40-33(4,5)31(36)37/h9-10,13-16,20,25-26,28H,7-8,11-12,17-19H2,1-6H3,(H,36,37)/t20?,25-,26?,28-/m0/s1. The van der Waals surface area contributed by atoms with Gasteiger partial charge >= 0.3 is 12.1 Å². The van der Waals surface area contributed by atoms with Crippen molar-refractivity contribution in [1.29, 1.82) is 0 Å². The number of hydrogen-bond acceptors (Lipinski definition) is 6. The molecule has 8 heteroatoms. The molecule has 2 aromatic carbocycles. The number of thioether (sulfide) groups is 1. The second-order valence-electron chi connectivity index (χ2n) is 12.3. The highest BCUT2D eigenvalue weighted by Crippen LogP contribution is 2.35. The second-order valence-corrected chi connectivity index (χ2v) is 13.2. The van der Waals surface area contributed by atoms with Crippen LogP contribution < -0.4 is 4.74 Å². The Morgan fingerprint density at radius 1 is 1.00 bits per heavy atom. The number of ketones is 1. The van der Waals surface area contributed by atoms with Crippen LogP contribution in [0.1, 0.15) is 73.5 Å². The van der Waals surface area contributed by atoms with Crippen LogP contribution in [0.4, 0.5) is 4.79 Å².